The van der Waals surface area contributed by atoms with E-state index in [4.69, 9.17) is 0 Å². The molecule has 1 amide bonds. The molecule has 0 saturated heterocycles. The van der Waals surface area contributed by atoms with Crippen molar-refractivity contribution in [2.75, 3.05) is 5.32 Å². The van der Waals surface area contributed by atoms with E-state index in [9.17, 15) is 14.0 Å². The molecule has 0 fully saturated rings. The first-order valence-electron chi connectivity index (χ1n) is 9.12. The zero-order valence-corrected chi connectivity index (χ0v) is 16.0. The maximum atomic E-state index is 14.3. The van der Waals surface area contributed by atoms with E-state index in [1.165, 1.54) is 33.5 Å². The number of tetrazole rings is 1. The molecule has 0 unspecified atom stereocenters. The number of amides is 1. The molecule has 0 saturated carbocycles. The zero-order valence-electron chi connectivity index (χ0n) is 16.0. The summed E-state index contributed by atoms with van der Waals surface area (Å²) in [6, 6.07) is 16.5. The van der Waals surface area contributed by atoms with Crippen LogP contribution < -0.4 is 10.9 Å². The Bertz CT molecular complexity index is 1270. The van der Waals surface area contributed by atoms with Crippen molar-refractivity contribution in [2.24, 2.45) is 0 Å². The lowest BCUT2D eigenvalue weighted by atomic mass is 10.2. The van der Waals surface area contributed by atoms with Crippen LogP contribution in [0.5, 0.6) is 0 Å². The van der Waals surface area contributed by atoms with Crippen molar-refractivity contribution in [3.8, 4) is 5.69 Å². The van der Waals surface area contributed by atoms with Crippen molar-refractivity contribution < 1.29 is 9.18 Å². The summed E-state index contributed by atoms with van der Waals surface area (Å²) in [7, 11) is 0. The SMILES string of the molecule is Cc1nnnn1-c1ccc(F)c(NC(=O)c2cccn(Cc3ccccc3)c2=O)c1. The fourth-order valence-electron chi connectivity index (χ4n) is 3.02. The lowest BCUT2D eigenvalue weighted by molar-refractivity contribution is 0.102. The van der Waals surface area contributed by atoms with E-state index in [0.717, 1.165) is 5.56 Å². The number of pyridine rings is 1. The Morgan fingerprint density at radius 3 is 2.63 bits per heavy atom. The summed E-state index contributed by atoms with van der Waals surface area (Å²) in [5, 5.41) is 13.6. The molecule has 4 aromatic rings. The highest BCUT2D eigenvalue weighted by Crippen LogP contribution is 2.19. The highest BCUT2D eigenvalue weighted by Gasteiger charge is 2.16. The van der Waals surface area contributed by atoms with Gasteiger partial charge in [0.25, 0.3) is 11.5 Å². The monoisotopic (exact) mass is 404 g/mol. The Morgan fingerprint density at radius 1 is 1.10 bits per heavy atom. The summed E-state index contributed by atoms with van der Waals surface area (Å²) in [6.45, 7) is 2.02. The molecule has 0 aliphatic heterocycles. The molecule has 4 rings (SSSR count). The second kappa shape index (κ2) is 8.08. The summed E-state index contributed by atoms with van der Waals surface area (Å²) in [6.07, 6.45) is 1.60. The predicted molar refractivity (Wildman–Crippen MR) is 108 cm³/mol. The quantitative estimate of drug-likeness (QED) is 0.552. The molecule has 150 valence electrons. The summed E-state index contributed by atoms with van der Waals surface area (Å²) >= 11 is 0. The van der Waals surface area contributed by atoms with Crippen LogP contribution >= 0.6 is 0 Å². The van der Waals surface area contributed by atoms with Crippen molar-refractivity contribution in [1.82, 2.24) is 24.8 Å². The highest BCUT2D eigenvalue weighted by atomic mass is 19.1. The molecule has 8 nitrogen and oxygen atoms in total. The van der Waals surface area contributed by atoms with Crippen LogP contribution in [0.4, 0.5) is 10.1 Å². The molecule has 2 heterocycles. The number of halogens is 1. The number of nitrogens with one attached hydrogen (secondary N) is 1. The number of hydrogen-bond donors (Lipinski definition) is 1. The minimum absolute atomic E-state index is 0.0785. The van der Waals surface area contributed by atoms with Crippen molar-refractivity contribution in [3.05, 3.63) is 100.0 Å². The van der Waals surface area contributed by atoms with Crippen molar-refractivity contribution in [1.29, 1.82) is 0 Å². The minimum atomic E-state index is -0.702. The number of nitrogens with zero attached hydrogens (tertiary/aromatic N) is 5. The van der Waals surface area contributed by atoms with Crippen LogP contribution in [0.15, 0.2) is 71.7 Å². The Balaban J connectivity index is 1.61. The average Bonchev–Trinajstić information content (AvgIpc) is 3.18. The van der Waals surface area contributed by atoms with Gasteiger partial charge in [-0.2, -0.15) is 4.68 Å². The predicted octanol–water partition coefficient (Wildman–Crippen LogP) is 2.57. The van der Waals surface area contributed by atoms with Crippen LogP contribution in [0.2, 0.25) is 0 Å². The fourth-order valence-corrected chi connectivity index (χ4v) is 3.02. The summed E-state index contributed by atoms with van der Waals surface area (Å²) in [5.41, 5.74) is 0.769. The third kappa shape index (κ3) is 3.86. The summed E-state index contributed by atoms with van der Waals surface area (Å²) < 4.78 is 17.1. The first-order valence-corrected chi connectivity index (χ1v) is 9.12. The van der Waals surface area contributed by atoms with Gasteiger partial charge in [-0.05, 0) is 53.2 Å². The van der Waals surface area contributed by atoms with Gasteiger partial charge in [0.2, 0.25) is 0 Å². The molecular weight excluding hydrogens is 387 g/mol. The third-order valence-electron chi connectivity index (χ3n) is 4.53. The van der Waals surface area contributed by atoms with E-state index in [1.807, 2.05) is 30.3 Å². The van der Waals surface area contributed by atoms with E-state index in [1.54, 1.807) is 19.2 Å². The molecule has 30 heavy (non-hydrogen) atoms. The van der Waals surface area contributed by atoms with Crippen molar-refractivity contribution in [2.45, 2.75) is 13.5 Å². The normalized spacial score (nSPS) is 10.7. The summed E-state index contributed by atoms with van der Waals surface area (Å²) in [5.74, 6) is -0.837. The molecular formula is C21H17FN6O2. The number of carbonyl (C=O) groups excluding carboxylic acids is 1. The van der Waals surface area contributed by atoms with Gasteiger partial charge in [0, 0.05) is 6.20 Å². The average molecular weight is 404 g/mol. The Hall–Kier alpha value is -4.14. The van der Waals surface area contributed by atoms with Gasteiger partial charge in [-0.3, -0.25) is 9.59 Å². The van der Waals surface area contributed by atoms with Gasteiger partial charge < -0.3 is 9.88 Å². The first kappa shape index (κ1) is 19.2. The van der Waals surface area contributed by atoms with Gasteiger partial charge in [0.05, 0.1) is 17.9 Å². The zero-order chi connectivity index (χ0) is 21.1. The highest BCUT2D eigenvalue weighted by molar-refractivity contribution is 6.04. The molecule has 0 aliphatic carbocycles. The number of aryl methyl sites for hydroxylation is 1. The second-order valence-corrected chi connectivity index (χ2v) is 6.60. The number of rotatable bonds is 5. The van der Waals surface area contributed by atoms with Crippen molar-refractivity contribution >= 4 is 11.6 Å². The lowest BCUT2D eigenvalue weighted by Gasteiger charge is -2.11. The number of benzene rings is 2. The van der Waals surface area contributed by atoms with E-state index >= 15 is 0 Å². The van der Waals surface area contributed by atoms with Gasteiger partial charge in [0.1, 0.15) is 11.4 Å². The molecule has 1 N–H and O–H groups in total. The number of aromatic nitrogens is 5. The standard InChI is InChI=1S/C21H17FN6O2/c1-14-24-25-26-28(14)16-9-10-18(22)19(12-16)23-20(29)17-8-5-11-27(21(17)30)13-15-6-3-2-4-7-15/h2-12H,13H2,1H3,(H,23,29). The Labute approximate surface area is 170 Å². The fraction of sp³-hybridized carbons (Fsp3) is 0.0952. The van der Waals surface area contributed by atoms with Gasteiger partial charge in [-0.15, -0.1) is 5.10 Å². The second-order valence-electron chi connectivity index (χ2n) is 6.60. The minimum Gasteiger partial charge on any atom is -0.319 e. The van der Waals surface area contributed by atoms with E-state index in [0.29, 0.717) is 18.1 Å². The maximum absolute atomic E-state index is 14.3. The third-order valence-corrected chi connectivity index (χ3v) is 4.53. The van der Waals surface area contributed by atoms with Crippen molar-refractivity contribution in [3.63, 3.8) is 0 Å². The van der Waals surface area contributed by atoms with Crippen LogP contribution in [0.3, 0.4) is 0 Å². The first-order chi connectivity index (χ1) is 14.5. The van der Waals surface area contributed by atoms with Crippen LogP contribution in [-0.4, -0.2) is 30.7 Å². The van der Waals surface area contributed by atoms with Crippen LogP contribution in [0.25, 0.3) is 5.69 Å². The molecule has 0 aliphatic rings. The molecule has 2 aromatic heterocycles. The molecule has 0 bridgehead atoms. The lowest BCUT2D eigenvalue weighted by Crippen LogP contribution is -2.29. The van der Waals surface area contributed by atoms with E-state index in [-0.39, 0.29) is 11.3 Å². The maximum Gasteiger partial charge on any atom is 0.263 e. The molecule has 2 aromatic carbocycles. The van der Waals surface area contributed by atoms with Gasteiger partial charge in [-0.25, -0.2) is 4.39 Å². The largest absolute Gasteiger partial charge is 0.319 e. The smallest absolute Gasteiger partial charge is 0.263 e. The van der Waals surface area contributed by atoms with Crippen LogP contribution in [0, 0.1) is 12.7 Å². The number of anilines is 1. The van der Waals surface area contributed by atoms with Gasteiger partial charge in [-0.1, -0.05) is 30.3 Å². The molecule has 0 spiro atoms. The van der Waals surface area contributed by atoms with Crippen LogP contribution in [-0.2, 0) is 6.54 Å². The van der Waals surface area contributed by atoms with E-state index < -0.39 is 17.3 Å². The summed E-state index contributed by atoms with van der Waals surface area (Å²) in [4.78, 5) is 25.5. The van der Waals surface area contributed by atoms with Gasteiger partial charge in [0.15, 0.2) is 5.82 Å². The topological polar surface area (TPSA) is 94.7 Å². The Morgan fingerprint density at radius 2 is 1.90 bits per heavy atom. The molecule has 9 heteroatoms. The number of hydrogen-bond acceptors (Lipinski definition) is 5. The molecule has 0 atom stereocenters. The van der Waals surface area contributed by atoms with Crippen LogP contribution in [0.1, 0.15) is 21.7 Å². The van der Waals surface area contributed by atoms with E-state index in [2.05, 4.69) is 20.8 Å². The molecule has 0 radical (unpaired) electrons. The number of carbonyl (C=O) groups is 1. The Kier molecular flexibility index (Phi) is 5.17. The van der Waals surface area contributed by atoms with Gasteiger partial charge >= 0.3 is 0 Å².